The van der Waals surface area contributed by atoms with Crippen LogP contribution in [0, 0.1) is 5.41 Å². The molecule has 96 valence electrons. The summed E-state index contributed by atoms with van der Waals surface area (Å²) < 4.78 is 5.42. The third-order valence-corrected chi connectivity index (χ3v) is 3.28. The van der Waals surface area contributed by atoms with Crippen LogP contribution in [0.15, 0.2) is 0 Å². The van der Waals surface area contributed by atoms with Crippen molar-refractivity contribution in [1.29, 1.82) is 0 Å². The summed E-state index contributed by atoms with van der Waals surface area (Å²) in [6, 6.07) is 1.13. The molecule has 1 saturated heterocycles. The third-order valence-electron chi connectivity index (χ3n) is 3.28. The van der Waals surface area contributed by atoms with Crippen LogP contribution in [0.25, 0.3) is 0 Å². The predicted octanol–water partition coefficient (Wildman–Crippen LogP) is 1.73. The van der Waals surface area contributed by atoms with Gasteiger partial charge in [0.1, 0.15) is 0 Å². The average Bonchev–Trinajstić information content (AvgIpc) is 2.62. The monoisotopic (exact) mass is 228 g/mol. The van der Waals surface area contributed by atoms with Crippen LogP contribution < -0.4 is 5.32 Å². The summed E-state index contributed by atoms with van der Waals surface area (Å²) in [7, 11) is 4.27. The van der Waals surface area contributed by atoms with Crippen LogP contribution in [-0.2, 0) is 4.74 Å². The Bertz CT molecular complexity index is 193. The van der Waals surface area contributed by atoms with Crippen LogP contribution in [0.1, 0.15) is 33.6 Å². The SMILES string of the molecule is CN(C)CCC(NC1CCOC1)C(C)(C)C. The molecule has 2 unspecified atom stereocenters. The van der Waals surface area contributed by atoms with Crippen molar-refractivity contribution in [2.45, 2.75) is 45.7 Å². The molecular formula is C13H28N2O. The molecule has 0 bridgehead atoms. The number of rotatable bonds is 5. The van der Waals surface area contributed by atoms with E-state index >= 15 is 0 Å². The number of hydrogen-bond acceptors (Lipinski definition) is 3. The van der Waals surface area contributed by atoms with Crippen LogP contribution >= 0.6 is 0 Å². The van der Waals surface area contributed by atoms with E-state index in [1.54, 1.807) is 0 Å². The van der Waals surface area contributed by atoms with Crippen LogP contribution in [0.2, 0.25) is 0 Å². The zero-order valence-electron chi connectivity index (χ0n) is 11.5. The lowest BCUT2D eigenvalue weighted by Gasteiger charge is -2.34. The topological polar surface area (TPSA) is 24.5 Å². The highest BCUT2D eigenvalue weighted by atomic mass is 16.5. The first-order valence-corrected chi connectivity index (χ1v) is 6.38. The molecule has 0 aliphatic carbocycles. The Balaban J connectivity index is 2.43. The molecule has 0 aromatic carbocycles. The number of hydrogen-bond donors (Lipinski definition) is 1. The van der Waals surface area contributed by atoms with E-state index in [2.05, 4.69) is 45.1 Å². The summed E-state index contributed by atoms with van der Waals surface area (Å²) in [5, 5.41) is 3.76. The Labute approximate surface area is 101 Å². The summed E-state index contributed by atoms with van der Waals surface area (Å²) >= 11 is 0. The van der Waals surface area contributed by atoms with E-state index in [0.717, 1.165) is 26.2 Å². The Kier molecular flexibility index (Phi) is 5.22. The van der Waals surface area contributed by atoms with E-state index in [1.165, 1.54) is 6.42 Å². The molecule has 0 aromatic heterocycles. The van der Waals surface area contributed by atoms with Crippen molar-refractivity contribution in [3.05, 3.63) is 0 Å². The molecule has 1 rings (SSSR count). The van der Waals surface area contributed by atoms with E-state index < -0.39 is 0 Å². The lowest BCUT2D eigenvalue weighted by Crippen LogP contribution is -2.47. The smallest absolute Gasteiger partial charge is 0.0620 e. The summed E-state index contributed by atoms with van der Waals surface area (Å²) in [6.07, 6.45) is 2.36. The second-order valence-electron chi connectivity index (χ2n) is 6.24. The second-order valence-corrected chi connectivity index (χ2v) is 6.24. The van der Waals surface area contributed by atoms with E-state index in [1.807, 2.05) is 0 Å². The van der Waals surface area contributed by atoms with Crippen LogP contribution in [0.4, 0.5) is 0 Å². The highest BCUT2D eigenvalue weighted by Crippen LogP contribution is 2.23. The van der Waals surface area contributed by atoms with Crippen molar-refractivity contribution in [1.82, 2.24) is 10.2 Å². The maximum atomic E-state index is 5.42. The van der Waals surface area contributed by atoms with Gasteiger partial charge in [0.05, 0.1) is 6.61 Å². The van der Waals surface area contributed by atoms with Gasteiger partial charge in [0, 0.05) is 18.7 Å². The molecule has 1 fully saturated rings. The summed E-state index contributed by atoms with van der Waals surface area (Å²) in [4.78, 5) is 2.26. The normalized spacial score (nSPS) is 24.0. The van der Waals surface area contributed by atoms with Gasteiger partial charge in [-0.1, -0.05) is 20.8 Å². The number of nitrogens with one attached hydrogen (secondary N) is 1. The van der Waals surface area contributed by atoms with Crippen LogP contribution in [0.5, 0.6) is 0 Å². The lowest BCUT2D eigenvalue weighted by molar-refractivity contribution is 0.172. The van der Waals surface area contributed by atoms with E-state index in [4.69, 9.17) is 4.74 Å². The zero-order valence-corrected chi connectivity index (χ0v) is 11.5. The fourth-order valence-corrected chi connectivity index (χ4v) is 2.10. The quantitative estimate of drug-likeness (QED) is 0.775. The fraction of sp³-hybridized carbons (Fsp3) is 1.00. The standard InChI is InChI=1S/C13H28N2O/c1-13(2,3)12(6-8-15(4)5)14-11-7-9-16-10-11/h11-12,14H,6-10H2,1-5H3. The van der Waals surface area contributed by atoms with Gasteiger partial charge in [-0.25, -0.2) is 0 Å². The molecule has 3 heteroatoms. The average molecular weight is 228 g/mol. The first kappa shape index (κ1) is 13.9. The van der Waals surface area contributed by atoms with E-state index in [-0.39, 0.29) is 0 Å². The Hall–Kier alpha value is -0.120. The molecule has 0 spiro atoms. The predicted molar refractivity (Wildman–Crippen MR) is 68.8 cm³/mol. The first-order valence-electron chi connectivity index (χ1n) is 6.38. The first-order chi connectivity index (χ1) is 7.39. The summed E-state index contributed by atoms with van der Waals surface area (Å²) in [5.41, 5.74) is 0.318. The summed E-state index contributed by atoms with van der Waals surface area (Å²) in [5.74, 6) is 0. The third kappa shape index (κ3) is 4.81. The van der Waals surface area contributed by atoms with Gasteiger partial charge < -0.3 is 15.0 Å². The Morgan fingerprint density at radius 1 is 1.38 bits per heavy atom. The Morgan fingerprint density at radius 2 is 2.06 bits per heavy atom. The number of ether oxygens (including phenoxy) is 1. The minimum absolute atomic E-state index is 0.318. The van der Waals surface area contributed by atoms with Crippen molar-refractivity contribution in [2.24, 2.45) is 5.41 Å². The van der Waals surface area contributed by atoms with Gasteiger partial charge in [0.15, 0.2) is 0 Å². The highest BCUT2D eigenvalue weighted by molar-refractivity contribution is 4.85. The molecule has 1 heterocycles. The minimum atomic E-state index is 0.318. The molecule has 2 atom stereocenters. The maximum Gasteiger partial charge on any atom is 0.0620 e. The number of nitrogens with zero attached hydrogens (tertiary/aromatic N) is 1. The van der Waals surface area contributed by atoms with Gasteiger partial charge in [-0.05, 0) is 38.9 Å². The van der Waals surface area contributed by atoms with Crippen LogP contribution in [-0.4, -0.2) is 50.8 Å². The van der Waals surface area contributed by atoms with Crippen molar-refractivity contribution in [3.63, 3.8) is 0 Å². The minimum Gasteiger partial charge on any atom is -0.380 e. The largest absolute Gasteiger partial charge is 0.380 e. The van der Waals surface area contributed by atoms with Gasteiger partial charge >= 0.3 is 0 Å². The molecule has 0 radical (unpaired) electrons. The van der Waals surface area contributed by atoms with Crippen molar-refractivity contribution in [3.8, 4) is 0 Å². The van der Waals surface area contributed by atoms with Gasteiger partial charge in [-0.2, -0.15) is 0 Å². The second kappa shape index (κ2) is 5.99. The van der Waals surface area contributed by atoms with Gasteiger partial charge in [-0.3, -0.25) is 0 Å². The van der Waals surface area contributed by atoms with E-state index in [0.29, 0.717) is 17.5 Å². The fourth-order valence-electron chi connectivity index (χ4n) is 2.10. The van der Waals surface area contributed by atoms with Crippen LogP contribution in [0.3, 0.4) is 0 Å². The molecule has 3 nitrogen and oxygen atoms in total. The molecule has 1 N–H and O–H groups in total. The lowest BCUT2D eigenvalue weighted by atomic mass is 9.84. The van der Waals surface area contributed by atoms with E-state index in [9.17, 15) is 0 Å². The molecule has 0 aromatic rings. The van der Waals surface area contributed by atoms with Gasteiger partial charge in [0.25, 0.3) is 0 Å². The summed E-state index contributed by atoms with van der Waals surface area (Å²) in [6.45, 7) is 9.89. The molecule has 0 amide bonds. The van der Waals surface area contributed by atoms with Gasteiger partial charge in [0.2, 0.25) is 0 Å². The Morgan fingerprint density at radius 3 is 2.50 bits per heavy atom. The molecule has 0 saturated carbocycles. The zero-order chi connectivity index (χ0) is 12.2. The van der Waals surface area contributed by atoms with Crippen molar-refractivity contribution in [2.75, 3.05) is 33.9 Å². The molecule has 16 heavy (non-hydrogen) atoms. The maximum absolute atomic E-state index is 5.42. The molecule has 1 aliphatic rings. The van der Waals surface area contributed by atoms with Crippen molar-refractivity contribution >= 4 is 0 Å². The van der Waals surface area contributed by atoms with Crippen molar-refractivity contribution < 1.29 is 4.74 Å². The molecule has 1 aliphatic heterocycles. The van der Waals surface area contributed by atoms with Gasteiger partial charge in [-0.15, -0.1) is 0 Å². The highest BCUT2D eigenvalue weighted by Gasteiger charge is 2.28. The molecular weight excluding hydrogens is 200 g/mol.